The Hall–Kier alpha value is -1.94. The molecule has 4 heteroatoms. The summed E-state index contributed by atoms with van der Waals surface area (Å²) in [7, 11) is 0. The molecule has 1 heterocycles. The van der Waals surface area contributed by atoms with E-state index in [0.717, 1.165) is 11.0 Å². The topological polar surface area (TPSA) is 29.1 Å². The zero-order valence-electron chi connectivity index (χ0n) is 8.94. The molecule has 17 heavy (non-hydrogen) atoms. The average molecular weight is 247 g/mol. The summed E-state index contributed by atoms with van der Waals surface area (Å²) >= 11 is 1.47. The quantitative estimate of drug-likeness (QED) is 0.824. The van der Waals surface area contributed by atoms with E-state index in [2.05, 4.69) is 11.9 Å². The number of rotatable bonds is 3. The standard InChI is InChI=1S/C13H10FNOS/c1-2-13(16)15-9-5-6-10(11(14)8-9)12-4-3-7-17-12/h2-8H,1H2,(H,15,16). The second-order valence-electron chi connectivity index (χ2n) is 3.37. The fourth-order valence-electron chi connectivity index (χ4n) is 1.42. The van der Waals surface area contributed by atoms with Gasteiger partial charge in [0.1, 0.15) is 5.82 Å². The van der Waals surface area contributed by atoms with Gasteiger partial charge in [0, 0.05) is 16.1 Å². The molecule has 0 saturated heterocycles. The predicted molar refractivity (Wildman–Crippen MR) is 68.5 cm³/mol. The lowest BCUT2D eigenvalue weighted by Gasteiger charge is -2.05. The summed E-state index contributed by atoms with van der Waals surface area (Å²) in [5.74, 6) is -0.706. The summed E-state index contributed by atoms with van der Waals surface area (Å²) in [6.07, 6.45) is 1.14. The molecule has 0 aliphatic heterocycles. The Labute approximate surface area is 102 Å². The molecule has 86 valence electrons. The van der Waals surface area contributed by atoms with Crippen molar-refractivity contribution in [2.45, 2.75) is 0 Å². The van der Waals surface area contributed by atoms with Crippen LogP contribution in [0.25, 0.3) is 10.4 Å². The molecular formula is C13H10FNOS. The van der Waals surface area contributed by atoms with Gasteiger partial charge in [0.2, 0.25) is 5.91 Å². The molecule has 0 radical (unpaired) electrons. The summed E-state index contributed by atoms with van der Waals surface area (Å²) < 4.78 is 13.8. The van der Waals surface area contributed by atoms with Gasteiger partial charge < -0.3 is 5.32 Å². The smallest absolute Gasteiger partial charge is 0.247 e. The van der Waals surface area contributed by atoms with Gasteiger partial charge in [-0.05, 0) is 35.7 Å². The van der Waals surface area contributed by atoms with Gasteiger partial charge in [-0.3, -0.25) is 4.79 Å². The van der Waals surface area contributed by atoms with Crippen LogP contribution in [-0.2, 0) is 4.79 Å². The number of hydrogen-bond acceptors (Lipinski definition) is 2. The molecule has 2 rings (SSSR count). The van der Waals surface area contributed by atoms with Crippen molar-refractivity contribution in [3.05, 3.63) is 54.2 Å². The number of hydrogen-bond donors (Lipinski definition) is 1. The van der Waals surface area contributed by atoms with E-state index in [-0.39, 0.29) is 11.7 Å². The number of amides is 1. The van der Waals surface area contributed by atoms with E-state index in [1.807, 2.05) is 17.5 Å². The van der Waals surface area contributed by atoms with Crippen molar-refractivity contribution in [2.24, 2.45) is 0 Å². The molecule has 0 bridgehead atoms. The first-order valence-corrected chi connectivity index (χ1v) is 5.85. The largest absolute Gasteiger partial charge is 0.322 e. The Balaban J connectivity index is 2.29. The highest BCUT2D eigenvalue weighted by Gasteiger charge is 2.07. The van der Waals surface area contributed by atoms with Crippen LogP contribution in [0.5, 0.6) is 0 Å². The average Bonchev–Trinajstić information content (AvgIpc) is 2.82. The van der Waals surface area contributed by atoms with Gasteiger partial charge in [0.25, 0.3) is 0 Å². The Kier molecular flexibility index (Phi) is 3.35. The number of nitrogens with one attached hydrogen (secondary N) is 1. The molecule has 2 aromatic rings. The third kappa shape index (κ3) is 2.60. The van der Waals surface area contributed by atoms with E-state index >= 15 is 0 Å². The van der Waals surface area contributed by atoms with Gasteiger partial charge in [-0.1, -0.05) is 12.6 Å². The second-order valence-corrected chi connectivity index (χ2v) is 4.31. The van der Waals surface area contributed by atoms with Crippen molar-refractivity contribution in [3.63, 3.8) is 0 Å². The zero-order chi connectivity index (χ0) is 12.3. The van der Waals surface area contributed by atoms with E-state index < -0.39 is 0 Å². The Bertz CT molecular complexity index is 549. The van der Waals surface area contributed by atoms with Crippen molar-refractivity contribution in [1.29, 1.82) is 0 Å². The van der Waals surface area contributed by atoms with Crippen LogP contribution in [0.1, 0.15) is 0 Å². The number of thiophene rings is 1. The summed E-state index contributed by atoms with van der Waals surface area (Å²) in [5.41, 5.74) is 0.962. The Morgan fingerprint density at radius 2 is 2.24 bits per heavy atom. The van der Waals surface area contributed by atoms with Crippen molar-refractivity contribution < 1.29 is 9.18 Å². The molecule has 0 aliphatic rings. The highest BCUT2D eigenvalue weighted by molar-refractivity contribution is 7.13. The number of benzene rings is 1. The predicted octanol–water partition coefficient (Wildman–Crippen LogP) is 3.68. The highest BCUT2D eigenvalue weighted by atomic mass is 32.1. The van der Waals surface area contributed by atoms with Crippen LogP contribution in [-0.4, -0.2) is 5.91 Å². The SMILES string of the molecule is C=CC(=O)Nc1ccc(-c2cccs2)c(F)c1. The lowest BCUT2D eigenvalue weighted by molar-refractivity contribution is -0.111. The molecule has 0 saturated carbocycles. The first-order chi connectivity index (χ1) is 8.20. The van der Waals surface area contributed by atoms with Crippen molar-refractivity contribution in [2.75, 3.05) is 5.32 Å². The second kappa shape index (κ2) is 4.93. The van der Waals surface area contributed by atoms with E-state index in [9.17, 15) is 9.18 Å². The molecule has 1 aromatic carbocycles. The molecule has 1 amide bonds. The first-order valence-electron chi connectivity index (χ1n) is 4.97. The zero-order valence-corrected chi connectivity index (χ0v) is 9.76. The molecule has 1 N–H and O–H groups in total. The lowest BCUT2D eigenvalue weighted by atomic mass is 10.1. The molecular weight excluding hydrogens is 237 g/mol. The van der Waals surface area contributed by atoms with Crippen LogP contribution >= 0.6 is 11.3 Å². The van der Waals surface area contributed by atoms with Crippen molar-refractivity contribution in [3.8, 4) is 10.4 Å². The fraction of sp³-hybridized carbons (Fsp3) is 0. The molecule has 0 aliphatic carbocycles. The minimum atomic E-state index is -0.353. The third-order valence-corrected chi connectivity index (χ3v) is 3.11. The van der Waals surface area contributed by atoms with Crippen LogP contribution in [0.2, 0.25) is 0 Å². The van der Waals surface area contributed by atoms with Crippen LogP contribution in [0.3, 0.4) is 0 Å². The van der Waals surface area contributed by atoms with Crippen LogP contribution in [0, 0.1) is 5.82 Å². The maximum atomic E-state index is 13.8. The molecule has 0 fully saturated rings. The van der Waals surface area contributed by atoms with E-state index in [0.29, 0.717) is 11.3 Å². The monoisotopic (exact) mass is 247 g/mol. The van der Waals surface area contributed by atoms with Gasteiger partial charge >= 0.3 is 0 Å². The minimum absolute atomic E-state index is 0.352. The Morgan fingerprint density at radius 3 is 2.82 bits per heavy atom. The molecule has 0 spiro atoms. The summed E-state index contributed by atoms with van der Waals surface area (Å²) in [6.45, 7) is 3.33. The molecule has 0 atom stereocenters. The van der Waals surface area contributed by atoms with Gasteiger partial charge in [-0.15, -0.1) is 11.3 Å². The van der Waals surface area contributed by atoms with Gasteiger partial charge in [0.05, 0.1) is 0 Å². The van der Waals surface area contributed by atoms with Crippen molar-refractivity contribution in [1.82, 2.24) is 0 Å². The van der Waals surface area contributed by atoms with E-state index in [1.165, 1.54) is 17.4 Å². The van der Waals surface area contributed by atoms with Gasteiger partial charge in [-0.25, -0.2) is 4.39 Å². The number of carbonyl (C=O) groups is 1. The Morgan fingerprint density at radius 1 is 1.41 bits per heavy atom. The minimum Gasteiger partial charge on any atom is -0.322 e. The third-order valence-electron chi connectivity index (χ3n) is 2.21. The maximum Gasteiger partial charge on any atom is 0.247 e. The van der Waals surface area contributed by atoms with E-state index in [4.69, 9.17) is 0 Å². The normalized spacial score (nSPS) is 9.94. The number of anilines is 1. The summed E-state index contributed by atoms with van der Waals surface area (Å²) in [5, 5.41) is 4.40. The van der Waals surface area contributed by atoms with Gasteiger partial charge in [0.15, 0.2) is 0 Å². The van der Waals surface area contributed by atoms with E-state index in [1.54, 1.807) is 12.1 Å². The number of carbonyl (C=O) groups excluding carboxylic acids is 1. The van der Waals surface area contributed by atoms with Crippen LogP contribution in [0.15, 0.2) is 48.4 Å². The lowest BCUT2D eigenvalue weighted by Crippen LogP contribution is -2.07. The van der Waals surface area contributed by atoms with Crippen LogP contribution in [0.4, 0.5) is 10.1 Å². The summed E-state index contributed by atoms with van der Waals surface area (Å²) in [4.78, 5) is 11.9. The fourth-order valence-corrected chi connectivity index (χ4v) is 2.17. The first kappa shape index (κ1) is 11.5. The van der Waals surface area contributed by atoms with Gasteiger partial charge in [-0.2, -0.15) is 0 Å². The van der Waals surface area contributed by atoms with Crippen LogP contribution < -0.4 is 5.32 Å². The van der Waals surface area contributed by atoms with Crippen molar-refractivity contribution >= 4 is 22.9 Å². The summed E-state index contributed by atoms with van der Waals surface area (Å²) in [6, 6.07) is 8.34. The maximum absolute atomic E-state index is 13.8. The highest BCUT2D eigenvalue weighted by Crippen LogP contribution is 2.28. The molecule has 2 nitrogen and oxygen atoms in total. The molecule has 0 unspecified atom stereocenters. The number of halogens is 1. The molecule has 1 aromatic heterocycles.